The van der Waals surface area contributed by atoms with Crippen LogP contribution in [0.1, 0.15) is 21.7 Å². The second-order valence-electron chi connectivity index (χ2n) is 5.37. The van der Waals surface area contributed by atoms with E-state index < -0.39 is 0 Å². The molecule has 0 aliphatic heterocycles. The summed E-state index contributed by atoms with van der Waals surface area (Å²) in [6.45, 7) is 3.86. The normalized spacial score (nSPS) is 10.2. The number of benzene rings is 1. The fourth-order valence-electron chi connectivity index (χ4n) is 2.25. The summed E-state index contributed by atoms with van der Waals surface area (Å²) in [4.78, 5) is 24.7. The van der Waals surface area contributed by atoms with Crippen LogP contribution in [0.3, 0.4) is 0 Å². The molecule has 24 heavy (non-hydrogen) atoms. The van der Waals surface area contributed by atoms with Crippen molar-refractivity contribution >= 4 is 23.2 Å². The lowest BCUT2D eigenvalue weighted by atomic mass is 10.2. The number of nitrogens with one attached hydrogen (secondary N) is 2. The molecule has 2 aromatic heterocycles. The van der Waals surface area contributed by atoms with E-state index in [1.807, 2.05) is 44.2 Å². The van der Waals surface area contributed by atoms with Crippen molar-refractivity contribution in [3.8, 4) is 0 Å². The van der Waals surface area contributed by atoms with Crippen molar-refractivity contribution < 1.29 is 4.79 Å². The summed E-state index contributed by atoms with van der Waals surface area (Å²) in [5.74, 6) is 0.386. The lowest BCUT2D eigenvalue weighted by Gasteiger charge is -2.08. The molecule has 0 bridgehead atoms. The summed E-state index contributed by atoms with van der Waals surface area (Å²) in [5.41, 5.74) is 3.94. The Morgan fingerprint density at radius 1 is 0.875 bits per heavy atom. The maximum Gasteiger partial charge on any atom is 0.255 e. The molecular formula is C18H17N5O. The molecule has 0 saturated carbocycles. The van der Waals surface area contributed by atoms with Crippen LogP contribution in [0.25, 0.3) is 0 Å². The molecule has 2 N–H and O–H groups in total. The number of hydrogen-bond donors (Lipinski definition) is 2. The van der Waals surface area contributed by atoms with E-state index in [9.17, 15) is 4.79 Å². The Balaban J connectivity index is 1.68. The van der Waals surface area contributed by atoms with Gasteiger partial charge in [-0.1, -0.05) is 0 Å². The first-order valence-corrected chi connectivity index (χ1v) is 7.51. The van der Waals surface area contributed by atoms with Crippen molar-refractivity contribution in [2.45, 2.75) is 13.8 Å². The Morgan fingerprint density at radius 3 is 2.08 bits per heavy atom. The number of carbonyl (C=O) groups excluding carboxylic acids is 1. The summed E-state index contributed by atoms with van der Waals surface area (Å²) in [5, 5.41) is 6.00. The van der Waals surface area contributed by atoms with Crippen LogP contribution in [-0.2, 0) is 0 Å². The lowest BCUT2D eigenvalue weighted by Crippen LogP contribution is -2.11. The highest BCUT2D eigenvalue weighted by Crippen LogP contribution is 2.17. The molecule has 1 amide bonds. The maximum atomic E-state index is 12.1. The van der Waals surface area contributed by atoms with Gasteiger partial charge in [0.1, 0.15) is 0 Å². The molecule has 1 aromatic carbocycles. The van der Waals surface area contributed by atoms with E-state index in [-0.39, 0.29) is 5.91 Å². The van der Waals surface area contributed by atoms with E-state index in [1.165, 1.54) is 0 Å². The molecule has 0 aliphatic carbocycles. The predicted molar refractivity (Wildman–Crippen MR) is 93.4 cm³/mol. The van der Waals surface area contributed by atoms with Gasteiger partial charge in [0.05, 0.1) is 0 Å². The minimum Gasteiger partial charge on any atom is -0.324 e. The maximum absolute atomic E-state index is 12.1. The third kappa shape index (κ3) is 3.92. The molecule has 3 rings (SSSR count). The predicted octanol–water partition coefficient (Wildman–Crippen LogP) is 3.48. The zero-order chi connectivity index (χ0) is 16.9. The van der Waals surface area contributed by atoms with Gasteiger partial charge < -0.3 is 10.6 Å². The number of rotatable bonds is 4. The molecule has 3 aromatic rings. The molecule has 0 atom stereocenters. The van der Waals surface area contributed by atoms with Gasteiger partial charge in [-0.3, -0.25) is 9.78 Å². The van der Waals surface area contributed by atoms with Crippen molar-refractivity contribution in [2.75, 3.05) is 10.6 Å². The van der Waals surface area contributed by atoms with Crippen molar-refractivity contribution in [3.05, 3.63) is 71.8 Å². The third-order valence-electron chi connectivity index (χ3n) is 3.32. The molecule has 0 radical (unpaired) electrons. The zero-order valence-corrected chi connectivity index (χ0v) is 13.4. The molecule has 120 valence electrons. The van der Waals surface area contributed by atoms with Crippen molar-refractivity contribution in [3.63, 3.8) is 0 Å². The molecule has 0 unspecified atom stereocenters. The standard InChI is InChI=1S/C18H17N5O/c1-12-11-13(2)21-18(20-12)23-16-5-3-15(4-6-16)22-17(24)14-7-9-19-10-8-14/h3-11H,1-2H3,(H,22,24)(H,20,21,23). The minimum absolute atomic E-state index is 0.171. The van der Waals surface area contributed by atoms with Gasteiger partial charge in [0, 0.05) is 40.7 Å². The fraction of sp³-hybridized carbons (Fsp3) is 0.111. The highest BCUT2D eigenvalue weighted by atomic mass is 16.1. The average molecular weight is 319 g/mol. The summed E-state index contributed by atoms with van der Waals surface area (Å²) in [7, 11) is 0. The quantitative estimate of drug-likeness (QED) is 0.769. The summed E-state index contributed by atoms with van der Waals surface area (Å²) >= 11 is 0. The van der Waals surface area contributed by atoms with Crippen LogP contribution in [0.2, 0.25) is 0 Å². The van der Waals surface area contributed by atoms with Crippen LogP contribution in [0, 0.1) is 13.8 Å². The largest absolute Gasteiger partial charge is 0.324 e. The van der Waals surface area contributed by atoms with E-state index in [4.69, 9.17) is 0 Å². The van der Waals surface area contributed by atoms with Crippen LogP contribution in [0.15, 0.2) is 54.9 Å². The van der Waals surface area contributed by atoms with Gasteiger partial charge in [-0.05, 0) is 56.3 Å². The topological polar surface area (TPSA) is 79.8 Å². The second kappa shape index (κ2) is 6.87. The van der Waals surface area contributed by atoms with Crippen LogP contribution in [0.5, 0.6) is 0 Å². The van der Waals surface area contributed by atoms with Gasteiger partial charge in [-0.15, -0.1) is 0 Å². The lowest BCUT2D eigenvalue weighted by molar-refractivity contribution is 0.102. The Labute approximate surface area is 140 Å². The zero-order valence-electron chi connectivity index (χ0n) is 13.4. The molecular weight excluding hydrogens is 302 g/mol. The number of anilines is 3. The van der Waals surface area contributed by atoms with Crippen LogP contribution < -0.4 is 10.6 Å². The smallest absolute Gasteiger partial charge is 0.255 e. The van der Waals surface area contributed by atoms with Gasteiger partial charge in [0.25, 0.3) is 5.91 Å². The van der Waals surface area contributed by atoms with E-state index in [1.54, 1.807) is 24.5 Å². The Morgan fingerprint density at radius 2 is 1.46 bits per heavy atom. The van der Waals surface area contributed by atoms with Crippen molar-refractivity contribution in [2.24, 2.45) is 0 Å². The third-order valence-corrected chi connectivity index (χ3v) is 3.32. The number of nitrogens with zero attached hydrogens (tertiary/aromatic N) is 3. The van der Waals surface area contributed by atoms with Crippen LogP contribution in [0.4, 0.5) is 17.3 Å². The molecule has 6 nitrogen and oxygen atoms in total. The first kappa shape index (κ1) is 15.6. The minimum atomic E-state index is -0.171. The fourth-order valence-corrected chi connectivity index (χ4v) is 2.25. The number of carbonyl (C=O) groups is 1. The average Bonchev–Trinajstić information content (AvgIpc) is 2.56. The second-order valence-corrected chi connectivity index (χ2v) is 5.37. The van der Waals surface area contributed by atoms with Gasteiger partial charge >= 0.3 is 0 Å². The van der Waals surface area contributed by atoms with Crippen LogP contribution in [-0.4, -0.2) is 20.9 Å². The van der Waals surface area contributed by atoms with Crippen molar-refractivity contribution in [1.29, 1.82) is 0 Å². The Bertz CT molecular complexity index is 827. The number of aryl methyl sites for hydroxylation is 2. The highest BCUT2D eigenvalue weighted by molar-refractivity contribution is 6.04. The molecule has 2 heterocycles. The molecule has 0 fully saturated rings. The Hall–Kier alpha value is -3.28. The van der Waals surface area contributed by atoms with E-state index in [2.05, 4.69) is 25.6 Å². The van der Waals surface area contributed by atoms with Crippen molar-refractivity contribution in [1.82, 2.24) is 15.0 Å². The highest BCUT2D eigenvalue weighted by Gasteiger charge is 2.06. The van der Waals surface area contributed by atoms with Gasteiger partial charge in [0.2, 0.25) is 5.95 Å². The first-order chi connectivity index (χ1) is 11.6. The molecule has 6 heteroatoms. The first-order valence-electron chi connectivity index (χ1n) is 7.51. The number of amides is 1. The van der Waals surface area contributed by atoms with Gasteiger partial charge in [0.15, 0.2) is 0 Å². The molecule has 0 aliphatic rings. The Kier molecular flexibility index (Phi) is 4.47. The van der Waals surface area contributed by atoms with Gasteiger partial charge in [-0.2, -0.15) is 0 Å². The van der Waals surface area contributed by atoms with E-state index >= 15 is 0 Å². The van der Waals surface area contributed by atoms with E-state index in [0.29, 0.717) is 17.2 Å². The monoisotopic (exact) mass is 319 g/mol. The number of hydrogen-bond acceptors (Lipinski definition) is 5. The van der Waals surface area contributed by atoms with E-state index in [0.717, 1.165) is 17.1 Å². The SMILES string of the molecule is Cc1cc(C)nc(Nc2ccc(NC(=O)c3ccncc3)cc2)n1. The summed E-state index contributed by atoms with van der Waals surface area (Å²) in [6, 6.07) is 12.6. The summed E-state index contributed by atoms with van der Waals surface area (Å²) < 4.78 is 0. The number of pyridine rings is 1. The van der Waals surface area contributed by atoms with Gasteiger partial charge in [-0.25, -0.2) is 9.97 Å². The molecule has 0 spiro atoms. The number of aromatic nitrogens is 3. The van der Waals surface area contributed by atoms with Crippen LogP contribution >= 0.6 is 0 Å². The summed E-state index contributed by atoms with van der Waals surface area (Å²) in [6.07, 6.45) is 3.18. The molecule has 0 saturated heterocycles.